The average molecular weight is 364 g/mol. The van der Waals surface area contributed by atoms with Crippen molar-refractivity contribution in [2.24, 2.45) is 11.7 Å². The summed E-state index contributed by atoms with van der Waals surface area (Å²) in [6.07, 6.45) is 2.26. The molecule has 3 heterocycles. The second-order valence-electron chi connectivity index (χ2n) is 6.66. The molecule has 7 nitrogen and oxygen atoms in total. The van der Waals surface area contributed by atoms with E-state index < -0.39 is 0 Å². The predicted molar refractivity (Wildman–Crippen MR) is 95.2 cm³/mol. The fourth-order valence-corrected chi connectivity index (χ4v) is 4.56. The maximum Gasteiger partial charge on any atom is 0.261 e. The number of likely N-dealkylation sites (tertiary alicyclic amines) is 1. The van der Waals surface area contributed by atoms with Gasteiger partial charge in [0.25, 0.3) is 5.91 Å². The van der Waals surface area contributed by atoms with Crippen molar-refractivity contribution in [1.29, 1.82) is 0 Å². The Morgan fingerprint density at radius 1 is 1.28 bits per heavy atom. The van der Waals surface area contributed by atoms with Crippen LogP contribution >= 0.6 is 11.3 Å². The van der Waals surface area contributed by atoms with Crippen LogP contribution in [-0.2, 0) is 22.6 Å². The van der Waals surface area contributed by atoms with Gasteiger partial charge >= 0.3 is 0 Å². The van der Waals surface area contributed by atoms with Crippen LogP contribution < -0.4 is 11.1 Å². The number of rotatable bonds is 4. The molecule has 1 aromatic heterocycles. The minimum absolute atomic E-state index is 0.0576. The molecule has 136 valence electrons. The summed E-state index contributed by atoms with van der Waals surface area (Å²) in [4.78, 5) is 41.5. The van der Waals surface area contributed by atoms with E-state index in [1.54, 1.807) is 7.05 Å². The molecule has 25 heavy (non-hydrogen) atoms. The zero-order chi connectivity index (χ0) is 18.0. The minimum atomic E-state index is -0.237. The first-order valence-electron chi connectivity index (χ1n) is 8.61. The molecule has 0 atom stereocenters. The summed E-state index contributed by atoms with van der Waals surface area (Å²) >= 11 is 1.52. The molecule has 3 rings (SSSR count). The predicted octanol–water partition coefficient (Wildman–Crippen LogP) is 0.190. The molecule has 3 N–H and O–H groups in total. The normalized spacial score (nSPS) is 18.7. The molecule has 0 saturated carbocycles. The van der Waals surface area contributed by atoms with Crippen LogP contribution in [0.1, 0.15) is 33.0 Å². The zero-order valence-corrected chi connectivity index (χ0v) is 15.2. The van der Waals surface area contributed by atoms with Gasteiger partial charge in [0.1, 0.15) is 0 Å². The van der Waals surface area contributed by atoms with Gasteiger partial charge in [-0.25, -0.2) is 0 Å². The summed E-state index contributed by atoms with van der Waals surface area (Å²) in [5, 5.41) is 2.64. The van der Waals surface area contributed by atoms with E-state index >= 15 is 0 Å². The van der Waals surface area contributed by atoms with E-state index in [-0.39, 0.29) is 23.6 Å². The maximum atomic E-state index is 12.6. The van der Waals surface area contributed by atoms with Crippen molar-refractivity contribution < 1.29 is 14.4 Å². The monoisotopic (exact) mass is 364 g/mol. The van der Waals surface area contributed by atoms with Gasteiger partial charge in [0.05, 0.1) is 11.4 Å². The number of carbonyl (C=O) groups is 3. The summed E-state index contributed by atoms with van der Waals surface area (Å²) < 4.78 is 0. The van der Waals surface area contributed by atoms with Gasteiger partial charge in [-0.3, -0.25) is 19.3 Å². The first kappa shape index (κ1) is 17.9. The number of nitrogens with one attached hydrogen (secondary N) is 1. The second-order valence-corrected chi connectivity index (χ2v) is 7.79. The van der Waals surface area contributed by atoms with Gasteiger partial charge in [0, 0.05) is 30.9 Å². The van der Waals surface area contributed by atoms with Gasteiger partial charge in [0.15, 0.2) is 0 Å². The lowest BCUT2D eigenvalue weighted by molar-refractivity contribution is -0.133. The molecule has 0 radical (unpaired) electrons. The molecule has 0 bridgehead atoms. The molecule has 2 aliphatic rings. The topological polar surface area (TPSA) is 95.7 Å². The van der Waals surface area contributed by atoms with Crippen molar-refractivity contribution in [2.75, 3.05) is 33.2 Å². The molecule has 8 heteroatoms. The molecule has 1 aromatic rings. The van der Waals surface area contributed by atoms with Crippen LogP contribution in [0.2, 0.25) is 0 Å². The van der Waals surface area contributed by atoms with Crippen molar-refractivity contribution >= 4 is 29.1 Å². The Morgan fingerprint density at radius 2 is 2.00 bits per heavy atom. The molecule has 0 unspecified atom stereocenters. The lowest BCUT2D eigenvalue weighted by atomic mass is 9.96. The van der Waals surface area contributed by atoms with Crippen LogP contribution in [0, 0.1) is 5.92 Å². The highest BCUT2D eigenvalue weighted by molar-refractivity contribution is 7.14. The minimum Gasteiger partial charge on any atom is -0.369 e. The number of hydrogen-bond donors (Lipinski definition) is 2. The van der Waals surface area contributed by atoms with Crippen molar-refractivity contribution in [3.05, 3.63) is 21.4 Å². The fraction of sp³-hybridized carbons (Fsp3) is 0.588. The first-order valence-corrected chi connectivity index (χ1v) is 9.42. The van der Waals surface area contributed by atoms with E-state index in [0.717, 1.165) is 37.9 Å². The zero-order valence-electron chi connectivity index (χ0n) is 14.4. The van der Waals surface area contributed by atoms with E-state index in [2.05, 4.69) is 10.2 Å². The van der Waals surface area contributed by atoms with E-state index in [1.807, 2.05) is 11.0 Å². The van der Waals surface area contributed by atoms with E-state index in [0.29, 0.717) is 24.5 Å². The van der Waals surface area contributed by atoms with Gasteiger partial charge in [-0.05, 0) is 44.0 Å². The number of hydrogen-bond acceptors (Lipinski definition) is 5. The SMILES string of the molecule is CNC(=O)c1cc2c(s1)CCN(C(=O)CN1CCC(C(N)=O)CC1)C2. The second kappa shape index (κ2) is 7.53. The number of fused-ring (bicyclic) bond motifs is 1. The Labute approximate surface area is 151 Å². The number of carbonyl (C=O) groups excluding carboxylic acids is 3. The summed E-state index contributed by atoms with van der Waals surface area (Å²) in [7, 11) is 1.62. The number of nitrogens with zero attached hydrogens (tertiary/aromatic N) is 2. The van der Waals surface area contributed by atoms with Crippen LogP contribution in [0.4, 0.5) is 0 Å². The number of amides is 3. The van der Waals surface area contributed by atoms with Crippen LogP contribution in [0.5, 0.6) is 0 Å². The Kier molecular flexibility index (Phi) is 5.39. The third kappa shape index (κ3) is 4.01. The molecule has 2 aliphatic heterocycles. The van der Waals surface area contributed by atoms with Crippen LogP contribution in [0.25, 0.3) is 0 Å². The molecular formula is C17H24N4O3S. The Balaban J connectivity index is 1.55. The van der Waals surface area contributed by atoms with Crippen molar-refractivity contribution in [1.82, 2.24) is 15.1 Å². The van der Waals surface area contributed by atoms with Gasteiger partial charge < -0.3 is 16.0 Å². The number of primary amides is 1. The van der Waals surface area contributed by atoms with Crippen LogP contribution in [0.3, 0.4) is 0 Å². The third-order valence-corrected chi connectivity index (χ3v) is 6.25. The third-order valence-electron chi connectivity index (χ3n) is 5.02. The quantitative estimate of drug-likeness (QED) is 0.797. The van der Waals surface area contributed by atoms with Gasteiger partial charge in [0.2, 0.25) is 11.8 Å². The maximum absolute atomic E-state index is 12.6. The summed E-state index contributed by atoms with van der Waals surface area (Å²) in [6, 6.07) is 1.90. The smallest absolute Gasteiger partial charge is 0.261 e. The molecule has 1 fully saturated rings. The van der Waals surface area contributed by atoms with E-state index in [9.17, 15) is 14.4 Å². The van der Waals surface area contributed by atoms with Crippen molar-refractivity contribution in [3.8, 4) is 0 Å². The molecule has 3 amide bonds. The van der Waals surface area contributed by atoms with Crippen LogP contribution in [0.15, 0.2) is 6.07 Å². The highest BCUT2D eigenvalue weighted by Gasteiger charge is 2.28. The highest BCUT2D eigenvalue weighted by atomic mass is 32.1. The van der Waals surface area contributed by atoms with Gasteiger partial charge in [-0.1, -0.05) is 0 Å². The molecule has 0 aliphatic carbocycles. The van der Waals surface area contributed by atoms with Crippen LogP contribution in [-0.4, -0.2) is 60.7 Å². The number of thiophene rings is 1. The molecule has 1 saturated heterocycles. The summed E-state index contributed by atoms with van der Waals surface area (Å²) in [5.74, 6) is -0.262. The Morgan fingerprint density at radius 3 is 2.64 bits per heavy atom. The van der Waals surface area contributed by atoms with Crippen molar-refractivity contribution in [2.45, 2.75) is 25.8 Å². The summed E-state index contributed by atoms with van der Waals surface area (Å²) in [5.41, 5.74) is 6.43. The number of piperidine rings is 1. The largest absolute Gasteiger partial charge is 0.369 e. The van der Waals surface area contributed by atoms with Gasteiger partial charge in [-0.15, -0.1) is 11.3 Å². The lowest BCUT2D eigenvalue weighted by Crippen LogP contribution is -2.46. The molecular weight excluding hydrogens is 340 g/mol. The van der Waals surface area contributed by atoms with E-state index in [4.69, 9.17) is 5.73 Å². The fourth-order valence-electron chi connectivity index (χ4n) is 3.45. The Hall–Kier alpha value is -1.93. The van der Waals surface area contributed by atoms with E-state index in [1.165, 1.54) is 16.2 Å². The standard InChI is InChI=1S/C17H24N4O3S/c1-19-17(24)14-8-12-9-21(7-4-13(12)25-14)15(22)10-20-5-2-11(3-6-20)16(18)23/h8,11H,2-7,9-10H2,1H3,(H2,18,23)(H,19,24). The first-order chi connectivity index (χ1) is 12.0. The highest BCUT2D eigenvalue weighted by Crippen LogP contribution is 2.28. The van der Waals surface area contributed by atoms with Gasteiger partial charge in [-0.2, -0.15) is 0 Å². The molecule has 0 spiro atoms. The molecule has 0 aromatic carbocycles. The van der Waals surface area contributed by atoms with Crippen molar-refractivity contribution in [3.63, 3.8) is 0 Å². The number of nitrogens with two attached hydrogens (primary N) is 1. The summed E-state index contributed by atoms with van der Waals surface area (Å²) in [6.45, 7) is 3.11. The average Bonchev–Trinajstić information content (AvgIpc) is 3.04. The lowest BCUT2D eigenvalue weighted by Gasteiger charge is -2.33. The Bertz CT molecular complexity index is 679.